The van der Waals surface area contributed by atoms with Crippen LogP contribution in [0.2, 0.25) is 0 Å². The van der Waals surface area contributed by atoms with Gasteiger partial charge in [0, 0.05) is 5.56 Å². The highest BCUT2D eigenvalue weighted by Crippen LogP contribution is 2.34. The van der Waals surface area contributed by atoms with Crippen molar-refractivity contribution in [2.75, 3.05) is 0 Å². The Morgan fingerprint density at radius 3 is 2.33 bits per heavy atom. The molecule has 96 valence electrons. The molecule has 7 heteroatoms. The molecule has 1 N–H and O–H groups in total. The van der Waals surface area contributed by atoms with Gasteiger partial charge in [0.05, 0.1) is 22.7 Å². The highest BCUT2D eigenvalue weighted by Gasteiger charge is 2.30. The number of benzene rings is 1. The minimum atomic E-state index is -4.35. The first-order valence-electron chi connectivity index (χ1n) is 4.85. The Morgan fingerprint density at radius 2 is 1.83 bits per heavy atom. The molecule has 1 aromatic heterocycles. The molecule has 1 aromatic carbocycles. The van der Waals surface area contributed by atoms with Crippen molar-refractivity contribution in [1.82, 2.24) is 4.98 Å². The zero-order chi connectivity index (χ0) is 13.3. The number of nitrogens with zero attached hydrogens (tertiary/aromatic N) is 1. The SMILES string of the molecule is OCc1sc(Br)nc1-c1ccc(C(F)(F)F)cc1. The lowest BCUT2D eigenvalue weighted by atomic mass is 10.1. The van der Waals surface area contributed by atoms with Crippen LogP contribution in [-0.2, 0) is 12.8 Å². The molecule has 0 bridgehead atoms. The number of halogens is 4. The Hall–Kier alpha value is -0.920. The number of thiazole rings is 1. The molecule has 2 rings (SSSR count). The summed E-state index contributed by atoms with van der Waals surface area (Å²) in [4.78, 5) is 4.75. The maximum Gasteiger partial charge on any atom is 0.416 e. The van der Waals surface area contributed by atoms with Gasteiger partial charge in [0.2, 0.25) is 0 Å². The summed E-state index contributed by atoms with van der Waals surface area (Å²) in [6.45, 7) is -0.195. The average molecular weight is 338 g/mol. The summed E-state index contributed by atoms with van der Waals surface area (Å²) in [5.74, 6) is 0. The van der Waals surface area contributed by atoms with E-state index in [2.05, 4.69) is 20.9 Å². The van der Waals surface area contributed by atoms with Gasteiger partial charge < -0.3 is 5.11 Å². The second-order valence-corrected chi connectivity index (χ2v) is 5.83. The number of aliphatic hydroxyl groups is 1. The molecule has 2 nitrogen and oxygen atoms in total. The van der Waals surface area contributed by atoms with Crippen molar-refractivity contribution in [1.29, 1.82) is 0 Å². The molecule has 0 atom stereocenters. The summed E-state index contributed by atoms with van der Waals surface area (Å²) in [5, 5.41) is 9.15. The predicted octanol–water partition coefficient (Wildman–Crippen LogP) is 4.08. The van der Waals surface area contributed by atoms with E-state index in [-0.39, 0.29) is 6.61 Å². The van der Waals surface area contributed by atoms with E-state index in [1.165, 1.54) is 23.5 Å². The van der Waals surface area contributed by atoms with Crippen molar-refractivity contribution in [3.63, 3.8) is 0 Å². The van der Waals surface area contributed by atoms with Gasteiger partial charge in [0.1, 0.15) is 0 Å². The number of aliphatic hydroxyl groups excluding tert-OH is 1. The minimum absolute atomic E-state index is 0.195. The van der Waals surface area contributed by atoms with Crippen LogP contribution >= 0.6 is 27.3 Å². The lowest BCUT2D eigenvalue weighted by Crippen LogP contribution is -2.04. The summed E-state index contributed by atoms with van der Waals surface area (Å²) >= 11 is 4.44. The van der Waals surface area contributed by atoms with Gasteiger partial charge in [-0.15, -0.1) is 11.3 Å². The molecule has 1 heterocycles. The Morgan fingerprint density at radius 1 is 1.22 bits per heavy atom. The second kappa shape index (κ2) is 4.99. The fourth-order valence-corrected chi connectivity index (χ4v) is 2.90. The Labute approximate surface area is 113 Å². The summed E-state index contributed by atoms with van der Waals surface area (Å²) in [7, 11) is 0. The summed E-state index contributed by atoms with van der Waals surface area (Å²) in [5.41, 5.74) is 0.350. The van der Waals surface area contributed by atoms with E-state index in [1.807, 2.05) is 0 Å². The van der Waals surface area contributed by atoms with Gasteiger partial charge in [0.15, 0.2) is 3.92 Å². The van der Waals surface area contributed by atoms with Crippen LogP contribution in [-0.4, -0.2) is 10.1 Å². The third-order valence-electron chi connectivity index (χ3n) is 2.30. The number of hydrogen-bond donors (Lipinski definition) is 1. The molecule has 0 aliphatic heterocycles. The van der Waals surface area contributed by atoms with Crippen molar-refractivity contribution >= 4 is 27.3 Å². The quantitative estimate of drug-likeness (QED) is 0.895. The molecular weight excluding hydrogens is 331 g/mol. The van der Waals surface area contributed by atoms with Crippen molar-refractivity contribution in [2.45, 2.75) is 12.8 Å². The van der Waals surface area contributed by atoms with E-state index in [4.69, 9.17) is 5.11 Å². The maximum atomic E-state index is 12.4. The molecule has 0 saturated carbocycles. The van der Waals surface area contributed by atoms with Crippen molar-refractivity contribution in [3.8, 4) is 11.3 Å². The van der Waals surface area contributed by atoms with E-state index < -0.39 is 11.7 Å². The highest BCUT2D eigenvalue weighted by atomic mass is 79.9. The molecule has 0 radical (unpaired) electrons. The van der Waals surface area contributed by atoms with Gasteiger partial charge in [-0.2, -0.15) is 13.2 Å². The molecule has 0 unspecified atom stereocenters. The predicted molar refractivity (Wildman–Crippen MR) is 66.2 cm³/mol. The summed E-state index contributed by atoms with van der Waals surface area (Å²) in [6, 6.07) is 4.71. The minimum Gasteiger partial charge on any atom is -0.391 e. The van der Waals surface area contributed by atoms with E-state index in [1.54, 1.807) is 0 Å². The molecule has 2 aromatic rings. The fourth-order valence-electron chi connectivity index (χ4n) is 1.47. The molecule has 0 saturated heterocycles. The second-order valence-electron chi connectivity index (χ2n) is 3.47. The van der Waals surface area contributed by atoms with Crippen LogP contribution < -0.4 is 0 Å². The molecule has 18 heavy (non-hydrogen) atoms. The zero-order valence-corrected chi connectivity index (χ0v) is 11.2. The van der Waals surface area contributed by atoms with E-state index in [0.29, 0.717) is 20.1 Å². The molecule has 0 fully saturated rings. The number of hydrogen-bond acceptors (Lipinski definition) is 3. The van der Waals surface area contributed by atoms with E-state index in [0.717, 1.165) is 12.1 Å². The van der Waals surface area contributed by atoms with Gasteiger partial charge in [-0.25, -0.2) is 4.98 Å². The maximum absolute atomic E-state index is 12.4. The van der Waals surface area contributed by atoms with Crippen LogP contribution in [0.5, 0.6) is 0 Å². The number of rotatable bonds is 2. The standard InChI is InChI=1S/C11H7BrF3NOS/c12-10-16-9(8(5-17)18-10)6-1-3-7(4-2-6)11(13,14)15/h1-4,17H,5H2. The van der Waals surface area contributed by atoms with E-state index >= 15 is 0 Å². The van der Waals surface area contributed by atoms with Crippen LogP contribution in [0.25, 0.3) is 11.3 Å². The Balaban J connectivity index is 2.40. The van der Waals surface area contributed by atoms with Crippen LogP contribution in [0.3, 0.4) is 0 Å². The average Bonchev–Trinajstić information content (AvgIpc) is 2.69. The largest absolute Gasteiger partial charge is 0.416 e. The molecule has 0 aliphatic carbocycles. The van der Waals surface area contributed by atoms with Crippen LogP contribution in [0.15, 0.2) is 28.2 Å². The molecule has 0 aliphatic rings. The Bertz CT molecular complexity index is 550. The van der Waals surface area contributed by atoms with Gasteiger partial charge in [-0.1, -0.05) is 12.1 Å². The van der Waals surface area contributed by atoms with Crippen molar-refractivity contribution < 1.29 is 18.3 Å². The van der Waals surface area contributed by atoms with Crippen LogP contribution in [0.4, 0.5) is 13.2 Å². The molecule has 0 amide bonds. The highest BCUT2D eigenvalue weighted by molar-refractivity contribution is 9.11. The monoisotopic (exact) mass is 337 g/mol. The number of aromatic nitrogens is 1. The first-order valence-corrected chi connectivity index (χ1v) is 6.46. The zero-order valence-electron chi connectivity index (χ0n) is 8.83. The topological polar surface area (TPSA) is 33.1 Å². The van der Waals surface area contributed by atoms with E-state index in [9.17, 15) is 13.2 Å². The fraction of sp³-hybridized carbons (Fsp3) is 0.182. The van der Waals surface area contributed by atoms with Gasteiger partial charge in [-0.05, 0) is 28.1 Å². The van der Waals surface area contributed by atoms with Gasteiger partial charge in [0.25, 0.3) is 0 Å². The molecular formula is C11H7BrF3NOS. The lowest BCUT2D eigenvalue weighted by Gasteiger charge is -2.07. The molecule has 0 spiro atoms. The first-order chi connectivity index (χ1) is 8.41. The summed E-state index contributed by atoms with van der Waals surface area (Å²) in [6.07, 6.45) is -4.35. The third-order valence-corrected chi connectivity index (χ3v) is 3.79. The van der Waals surface area contributed by atoms with Crippen LogP contribution in [0, 0.1) is 0 Å². The number of alkyl halides is 3. The van der Waals surface area contributed by atoms with Crippen molar-refractivity contribution in [3.05, 3.63) is 38.6 Å². The lowest BCUT2D eigenvalue weighted by molar-refractivity contribution is -0.137. The normalized spacial score (nSPS) is 11.8. The van der Waals surface area contributed by atoms with Crippen molar-refractivity contribution in [2.24, 2.45) is 0 Å². The third kappa shape index (κ3) is 2.73. The summed E-state index contributed by atoms with van der Waals surface area (Å²) < 4.78 is 37.8. The Kier molecular flexibility index (Phi) is 3.74. The van der Waals surface area contributed by atoms with Gasteiger partial charge >= 0.3 is 6.18 Å². The van der Waals surface area contributed by atoms with Crippen LogP contribution in [0.1, 0.15) is 10.4 Å². The first kappa shape index (κ1) is 13.5. The smallest absolute Gasteiger partial charge is 0.391 e. The van der Waals surface area contributed by atoms with Gasteiger partial charge in [-0.3, -0.25) is 0 Å².